The molecule has 3 aromatic rings. The largest absolute Gasteiger partial charge is 0.361 e. The molecule has 0 radical (unpaired) electrons. The summed E-state index contributed by atoms with van der Waals surface area (Å²) in [5.41, 5.74) is 1.67. The number of hydrogen-bond acceptors (Lipinski definition) is 5. The van der Waals surface area contributed by atoms with Gasteiger partial charge < -0.3 is 20.1 Å². The molecule has 0 bridgehead atoms. The number of benzene rings is 1. The second-order valence-corrected chi connectivity index (χ2v) is 7.30. The number of nitrogens with one attached hydrogen (secondary N) is 2. The van der Waals surface area contributed by atoms with Gasteiger partial charge in [-0.25, -0.2) is 9.97 Å². The molecule has 0 spiro atoms. The molecular weight excluding hydrogens is 340 g/mol. The van der Waals surface area contributed by atoms with Gasteiger partial charge in [0.15, 0.2) is 0 Å². The van der Waals surface area contributed by atoms with E-state index in [0.717, 1.165) is 24.0 Å². The number of rotatable bonds is 5. The minimum absolute atomic E-state index is 0.0372. The van der Waals surface area contributed by atoms with Crippen LogP contribution in [0.3, 0.4) is 0 Å². The van der Waals surface area contributed by atoms with Crippen molar-refractivity contribution in [2.24, 2.45) is 5.92 Å². The van der Waals surface area contributed by atoms with Crippen molar-refractivity contribution in [3.8, 4) is 0 Å². The number of fused-ring (bicyclic) bond motifs is 1. The number of carbonyl (C=O) groups is 1. The molecule has 1 aliphatic rings. The molecule has 27 heavy (non-hydrogen) atoms. The van der Waals surface area contributed by atoms with Crippen LogP contribution in [0.1, 0.15) is 10.4 Å². The Morgan fingerprint density at radius 3 is 2.81 bits per heavy atom. The van der Waals surface area contributed by atoms with Gasteiger partial charge in [0.1, 0.15) is 0 Å². The molecule has 7 nitrogen and oxygen atoms in total. The quantitative estimate of drug-likeness (QED) is 0.721. The highest BCUT2D eigenvalue weighted by molar-refractivity contribution is 6.06. The molecule has 1 aliphatic heterocycles. The molecule has 3 heterocycles. The van der Waals surface area contributed by atoms with Gasteiger partial charge in [0, 0.05) is 60.6 Å². The lowest BCUT2D eigenvalue weighted by Gasteiger charge is -2.22. The molecular formula is C20H24N6O. The molecule has 0 saturated carbocycles. The number of hydrogen-bond donors (Lipinski definition) is 2. The number of anilines is 1. The van der Waals surface area contributed by atoms with Crippen LogP contribution < -0.4 is 10.2 Å². The molecule has 2 atom stereocenters. The van der Waals surface area contributed by atoms with Crippen molar-refractivity contribution in [2.75, 3.05) is 38.6 Å². The number of aromatic nitrogens is 3. The van der Waals surface area contributed by atoms with Crippen molar-refractivity contribution in [2.45, 2.75) is 6.04 Å². The number of H-pyrrole nitrogens is 1. The molecule has 0 unspecified atom stereocenters. The second-order valence-electron chi connectivity index (χ2n) is 7.30. The van der Waals surface area contributed by atoms with E-state index in [9.17, 15) is 4.79 Å². The third-order valence-electron chi connectivity index (χ3n) is 5.03. The van der Waals surface area contributed by atoms with Crippen LogP contribution in [0, 0.1) is 5.92 Å². The average molecular weight is 364 g/mol. The Morgan fingerprint density at radius 1 is 1.22 bits per heavy atom. The predicted octanol–water partition coefficient (Wildman–Crippen LogP) is 1.75. The normalized spacial score (nSPS) is 19.7. The third kappa shape index (κ3) is 3.64. The van der Waals surface area contributed by atoms with Crippen LogP contribution in [0.4, 0.5) is 5.95 Å². The molecule has 2 N–H and O–H groups in total. The van der Waals surface area contributed by atoms with Crippen LogP contribution >= 0.6 is 0 Å². The van der Waals surface area contributed by atoms with Crippen molar-refractivity contribution < 1.29 is 4.79 Å². The maximum atomic E-state index is 13.0. The van der Waals surface area contributed by atoms with Gasteiger partial charge >= 0.3 is 0 Å². The summed E-state index contributed by atoms with van der Waals surface area (Å²) in [6.45, 7) is 2.42. The molecule has 1 fully saturated rings. The number of aromatic amines is 1. The first-order valence-corrected chi connectivity index (χ1v) is 9.15. The maximum absolute atomic E-state index is 13.0. The topological polar surface area (TPSA) is 77.2 Å². The lowest BCUT2D eigenvalue weighted by Crippen LogP contribution is -2.43. The Balaban J connectivity index is 1.55. The fourth-order valence-corrected chi connectivity index (χ4v) is 3.84. The number of nitrogens with zero attached hydrogens (tertiary/aromatic N) is 4. The van der Waals surface area contributed by atoms with Gasteiger partial charge in [-0.1, -0.05) is 6.07 Å². The van der Waals surface area contributed by atoms with Crippen LogP contribution in [0.15, 0.2) is 48.9 Å². The summed E-state index contributed by atoms with van der Waals surface area (Å²) in [4.78, 5) is 29.2. The number of carbonyl (C=O) groups excluding carboxylic acids is 1. The Bertz CT molecular complexity index is 922. The van der Waals surface area contributed by atoms with Crippen molar-refractivity contribution in [3.63, 3.8) is 0 Å². The molecule has 140 valence electrons. The fraction of sp³-hybridized carbons (Fsp3) is 0.350. The first-order chi connectivity index (χ1) is 13.1. The summed E-state index contributed by atoms with van der Waals surface area (Å²) in [6.07, 6.45) is 5.37. The summed E-state index contributed by atoms with van der Waals surface area (Å²) in [5.74, 6) is 0.980. The summed E-state index contributed by atoms with van der Waals surface area (Å²) in [7, 11) is 4.11. The first-order valence-electron chi connectivity index (χ1n) is 9.15. The highest BCUT2D eigenvalue weighted by Crippen LogP contribution is 2.23. The van der Waals surface area contributed by atoms with Gasteiger partial charge in [0.05, 0.1) is 6.04 Å². The molecule has 1 amide bonds. The van der Waals surface area contributed by atoms with E-state index in [1.807, 2.05) is 36.5 Å². The highest BCUT2D eigenvalue weighted by Gasteiger charge is 2.35. The van der Waals surface area contributed by atoms with Crippen molar-refractivity contribution >= 4 is 22.8 Å². The zero-order valence-corrected chi connectivity index (χ0v) is 15.6. The average Bonchev–Trinajstić information content (AvgIpc) is 3.29. The first kappa shape index (κ1) is 17.5. The van der Waals surface area contributed by atoms with Crippen molar-refractivity contribution in [1.82, 2.24) is 25.2 Å². The van der Waals surface area contributed by atoms with Crippen LogP contribution in [-0.4, -0.2) is 65.5 Å². The zero-order chi connectivity index (χ0) is 18.8. The van der Waals surface area contributed by atoms with E-state index < -0.39 is 0 Å². The van der Waals surface area contributed by atoms with Gasteiger partial charge in [-0.3, -0.25) is 4.79 Å². The monoisotopic (exact) mass is 364 g/mol. The Morgan fingerprint density at radius 2 is 2.04 bits per heavy atom. The summed E-state index contributed by atoms with van der Waals surface area (Å²) in [5, 5.41) is 4.20. The van der Waals surface area contributed by atoms with E-state index in [1.165, 1.54) is 0 Å². The van der Waals surface area contributed by atoms with Crippen LogP contribution in [0.25, 0.3) is 10.9 Å². The van der Waals surface area contributed by atoms with Gasteiger partial charge in [-0.05, 0) is 38.4 Å². The van der Waals surface area contributed by atoms with Gasteiger partial charge in [-0.15, -0.1) is 0 Å². The Kier molecular flexibility index (Phi) is 4.77. The third-order valence-corrected chi connectivity index (χ3v) is 5.03. The number of amides is 1. The molecule has 0 aliphatic carbocycles. The maximum Gasteiger partial charge on any atom is 0.252 e. The van der Waals surface area contributed by atoms with E-state index in [-0.39, 0.29) is 11.9 Å². The molecule has 1 aromatic carbocycles. The fourth-order valence-electron chi connectivity index (χ4n) is 3.84. The van der Waals surface area contributed by atoms with Crippen LogP contribution in [0.2, 0.25) is 0 Å². The van der Waals surface area contributed by atoms with Crippen molar-refractivity contribution in [3.05, 3.63) is 54.5 Å². The summed E-state index contributed by atoms with van der Waals surface area (Å²) >= 11 is 0. The van der Waals surface area contributed by atoms with E-state index in [0.29, 0.717) is 24.0 Å². The van der Waals surface area contributed by atoms with Crippen molar-refractivity contribution in [1.29, 1.82) is 0 Å². The van der Waals surface area contributed by atoms with E-state index in [4.69, 9.17) is 0 Å². The minimum atomic E-state index is -0.0372. The van der Waals surface area contributed by atoms with E-state index in [1.54, 1.807) is 12.4 Å². The SMILES string of the molecule is CN(C)C[C@@H]1CN(c2ncccn2)C[C@H]1NC(=O)c1cccc2[nH]ccc12. The lowest BCUT2D eigenvalue weighted by atomic mass is 10.0. The van der Waals surface area contributed by atoms with Gasteiger partial charge in [0.25, 0.3) is 5.91 Å². The van der Waals surface area contributed by atoms with E-state index >= 15 is 0 Å². The van der Waals surface area contributed by atoms with Gasteiger partial charge in [0.2, 0.25) is 5.95 Å². The predicted molar refractivity (Wildman–Crippen MR) is 106 cm³/mol. The molecule has 7 heteroatoms. The zero-order valence-electron chi connectivity index (χ0n) is 15.6. The van der Waals surface area contributed by atoms with Crippen LogP contribution in [-0.2, 0) is 0 Å². The summed E-state index contributed by atoms with van der Waals surface area (Å²) in [6, 6.07) is 9.56. The Hall–Kier alpha value is -2.93. The standard InChI is InChI=1S/C20H24N6O/c1-25(2)11-14-12-26(20-22-8-4-9-23-20)13-18(14)24-19(27)16-5-3-6-17-15(16)7-10-21-17/h3-10,14,18,21H,11-13H2,1-2H3,(H,24,27)/t14-,18-/m1/s1. The second kappa shape index (κ2) is 7.36. The summed E-state index contributed by atoms with van der Waals surface area (Å²) < 4.78 is 0. The smallest absolute Gasteiger partial charge is 0.252 e. The molecule has 1 saturated heterocycles. The van der Waals surface area contributed by atoms with Crippen LogP contribution in [0.5, 0.6) is 0 Å². The lowest BCUT2D eigenvalue weighted by molar-refractivity contribution is 0.0929. The van der Waals surface area contributed by atoms with E-state index in [2.05, 4.69) is 44.2 Å². The minimum Gasteiger partial charge on any atom is -0.361 e. The Labute approximate surface area is 158 Å². The van der Waals surface area contributed by atoms with Gasteiger partial charge in [-0.2, -0.15) is 0 Å². The molecule has 4 rings (SSSR count). The molecule has 2 aromatic heterocycles. The highest BCUT2D eigenvalue weighted by atomic mass is 16.1.